The number of methoxy groups -OCH3 is 1. The van der Waals surface area contributed by atoms with Crippen molar-refractivity contribution in [3.63, 3.8) is 0 Å². The molecule has 0 radical (unpaired) electrons. The van der Waals surface area contributed by atoms with Crippen LogP contribution in [0.2, 0.25) is 0 Å². The third-order valence-corrected chi connectivity index (χ3v) is 3.54. The topological polar surface area (TPSA) is 78.9 Å². The summed E-state index contributed by atoms with van der Waals surface area (Å²) in [5.74, 6) is -0.999. The molecule has 1 aromatic carbocycles. The third kappa shape index (κ3) is 3.72. The van der Waals surface area contributed by atoms with Crippen molar-refractivity contribution in [1.82, 2.24) is 5.32 Å². The molecule has 1 heterocycles. The fourth-order valence-corrected chi connectivity index (χ4v) is 2.58. The van der Waals surface area contributed by atoms with Crippen LogP contribution in [0.4, 0.5) is 10.5 Å². The van der Waals surface area contributed by atoms with Crippen LogP contribution >= 0.6 is 0 Å². The Morgan fingerprint density at radius 1 is 1.43 bits per heavy atom. The summed E-state index contributed by atoms with van der Waals surface area (Å²) in [7, 11) is 1.62. The number of nitrogens with zero attached hydrogens (tertiary/aromatic N) is 1. The summed E-state index contributed by atoms with van der Waals surface area (Å²) in [5, 5.41) is 11.8. The first-order valence-electron chi connectivity index (χ1n) is 6.98. The lowest BCUT2D eigenvalue weighted by atomic mass is 9.98. The zero-order valence-corrected chi connectivity index (χ0v) is 12.0. The number of nitrogens with one attached hydrogen (secondary N) is 1. The molecule has 6 nitrogen and oxygen atoms in total. The number of carboxylic acid groups (broad SMARTS) is 1. The third-order valence-electron chi connectivity index (χ3n) is 3.54. The maximum absolute atomic E-state index is 12.2. The fraction of sp³-hybridized carbons (Fsp3) is 0.467. The molecule has 0 fully saturated rings. The number of hydrogen-bond acceptors (Lipinski definition) is 3. The van der Waals surface area contributed by atoms with Gasteiger partial charge in [-0.1, -0.05) is 18.2 Å². The second-order valence-corrected chi connectivity index (χ2v) is 5.04. The van der Waals surface area contributed by atoms with Crippen molar-refractivity contribution in [1.29, 1.82) is 0 Å². The highest BCUT2D eigenvalue weighted by atomic mass is 16.5. The first-order chi connectivity index (χ1) is 10.1. The Balaban J connectivity index is 2.04. The quantitative estimate of drug-likeness (QED) is 0.784. The molecule has 1 unspecified atom stereocenters. The summed E-state index contributed by atoms with van der Waals surface area (Å²) in [5.41, 5.74) is 1.72. The highest BCUT2D eigenvalue weighted by Gasteiger charge is 2.33. The molecule has 1 aliphatic rings. The summed E-state index contributed by atoms with van der Waals surface area (Å²) in [6, 6.07) is 7.28. The van der Waals surface area contributed by atoms with Crippen LogP contribution in [0.25, 0.3) is 0 Å². The van der Waals surface area contributed by atoms with E-state index < -0.39 is 5.97 Å². The molecule has 2 amide bonds. The molecule has 2 rings (SSSR count). The molecule has 0 spiro atoms. The normalized spacial score (nSPS) is 16.6. The number of ether oxygens (including phenoxy) is 1. The van der Waals surface area contributed by atoms with Gasteiger partial charge in [-0.05, 0) is 18.1 Å². The molecule has 0 saturated carbocycles. The number of anilines is 1. The zero-order chi connectivity index (χ0) is 15.2. The van der Waals surface area contributed by atoms with Crippen LogP contribution in [-0.2, 0) is 9.53 Å². The highest BCUT2D eigenvalue weighted by molar-refractivity contribution is 5.95. The molecule has 2 N–H and O–H groups in total. The number of rotatable bonds is 6. The number of fused-ring (bicyclic) bond motifs is 1. The van der Waals surface area contributed by atoms with E-state index in [2.05, 4.69) is 5.32 Å². The summed E-state index contributed by atoms with van der Waals surface area (Å²) in [6.07, 6.45) is 0.779. The van der Waals surface area contributed by atoms with Crippen LogP contribution in [0.15, 0.2) is 24.3 Å². The summed E-state index contributed by atoms with van der Waals surface area (Å²) >= 11 is 0. The molecule has 0 saturated heterocycles. The number of carbonyl (C=O) groups is 2. The lowest BCUT2D eigenvalue weighted by Crippen LogP contribution is -2.40. The molecule has 0 aliphatic carbocycles. The Kier molecular flexibility index (Phi) is 5.16. The van der Waals surface area contributed by atoms with Crippen LogP contribution in [0.1, 0.15) is 24.3 Å². The van der Waals surface area contributed by atoms with Gasteiger partial charge in [0, 0.05) is 38.4 Å². The molecule has 0 aromatic heterocycles. The highest BCUT2D eigenvalue weighted by Crippen LogP contribution is 2.37. The SMILES string of the molecule is COCCCNC(=O)N1CC(CC(=O)O)c2ccccc21. The Hall–Kier alpha value is -2.08. The number of urea groups is 1. The van der Waals surface area contributed by atoms with E-state index in [-0.39, 0.29) is 18.4 Å². The van der Waals surface area contributed by atoms with Crippen LogP contribution in [0, 0.1) is 0 Å². The van der Waals surface area contributed by atoms with Crippen molar-refractivity contribution < 1.29 is 19.4 Å². The minimum atomic E-state index is -0.850. The van der Waals surface area contributed by atoms with Crippen molar-refractivity contribution in [3.05, 3.63) is 29.8 Å². The van der Waals surface area contributed by atoms with Gasteiger partial charge in [0.1, 0.15) is 0 Å². The van der Waals surface area contributed by atoms with Crippen molar-refractivity contribution in [3.8, 4) is 0 Å². The molecule has 0 bridgehead atoms. The molecular formula is C15H20N2O4. The van der Waals surface area contributed by atoms with E-state index in [9.17, 15) is 9.59 Å². The van der Waals surface area contributed by atoms with Gasteiger partial charge in [0.2, 0.25) is 0 Å². The van der Waals surface area contributed by atoms with E-state index in [1.165, 1.54) is 0 Å². The van der Waals surface area contributed by atoms with Gasteiger partial charge in [-0.25, -0.2) is 4.79 Å². The molecule has 1 aliphatic heterocycles. The minimum Gasteiger partial charge on any atom is -0.481 e. The van der Waals surface area contributed by atoms with Gasteiger partial charge in [-0.3, -0.25) is 9.69 Å². The van der Waals surface area contributed by atoms with Gasteiger partial charge in [0.25, 0.3) is 0 Å². The summed E-state index contributed by atoms with van der Waals surface area (Å²) in [4.78, 5) is 24.8. The second kappa shape index (κ2) is 7.08. The van der Waals surface area contributed by atoms with Gasteiger partial charge in [0.05, 0.1) is 6.42 Å². The number of benzene rings is 1. The van der Waals surface area contributed by atoms with E-state index in [4.69, 9.17) is 9.84 Å². The van der Waals surface area contributed by atoms with Crippen molar-refractivity contribution >= 4 is 17.7 Å². The number of aliphatic carboxylic acids is 1. The Morgan fingerprint density at radius 3 is 2.90 bits per heavy atom. The molecular weight excluding hydrogens is 272 g/mol. The van der Waals surface area contributed by atoms with Crippen LogP contribution in [0.3, 0.4) is 0 Å². The number of carbonyl (C=O) groups excluding carboxylic acids is 1. The standard InChI is InChI=1S/C15H20N2O4/c1-21-8-4-7-16-15(20)17-10-11(9-14(18)19)12-5-2-3-6-13(12)17/h2-3,5-6,11H,4,7-10H2,1H3,(H,16,20)(H,18,19). The molecule has 1 aromatic rings. The van der Waals surface area contributed by atoms with Crippen molar-refractivity contribution in [2.75, 3.05) is 31.7 Å². The first-order valence-corrected chi connectivity index (χ1v) is 6.98. The maximum Gasteiger partial charge on any atom is 0.321 e. The average molecular weight is 292 g/mol. The van der Waals surface area contributed by atoms with E-state index in [0.29, 0.717) is 19.7 Å². The minimum absolute atomic E-state index is 0.0322. The van der Waals surface area contributed by atoms with E-state index in [1.54, 1.807) is 12.0 Å². The lowest BCUT2D eigenvalue weighted by molar-refractivity contribution is -0.137. The van der Waals surface area contributed by atoms with Crippen LogP contribution < -0.4 is 10.2 Å². The van der Waals surface area contributed by atoms with Crippen LogP contribution in [-0.4, -0.2) is 43.9 Å². The largest absolute Gasteiger partial charge is 0.481 e. The van der Waals surface area contributed by atoms with Crippen molar-refractivity contribution in [2.45, 2.75) is 18.8 Å². The number of para-hydroxylation sites is 1. The number of hydrogen-bond donors (Lipinski definition) is 2. The molecule has 6 heteroatoms. The van der Waals surface area contributed by atoms with Gasteiger partial charge < -0.3 is 15.2 Å². The predicted octanol–water partition coefficient (Wildman–Crippen LogP) is 1.81. The van der Waals surface area contributed by atoms with Crippen LogP contribution in [0.5, 0.6) is 0 Å². The molecule has 21 heavy (non-hydrogen) atoms. The average Bonchev–Trinajstić information content (AvgIpc) is 2.82. The zero-order valence-electron chi connectivity index (χ0n) is 12.0. The first kappa shape index (κ1) is 15.3. The smallest absolute Gasteiger partial charge is 0.321 e. The fourth-order valence-electron chi connectivity index (χ4n) is 2.58. The Bertz CT molecular complexity index is 518. The Morgan fingerprint density at radius 2 is 2.19 bits per heavy atom. The summed E-state index contributed by atoms with van der Waals surface area (Å²) in [6.45, 7) is 1.54. The number of amides is 2. The van der Waals surface area contributed by atoms with E-state index in [0.717, 1.165) is 17.7 Å². The molecule has 1 atom stereocenters. The van der Waals surface area contributed by atoms with Crippen molar-refractivity contribution in [2.24, 2.45) is 0 Å². The lowest BCUT2D eigenvalue weighted by Gasteiger charge is -2.18. The van der Waals surface area contributed by atoms with Gasteiger partial charge in [0.15, 0.2) is 0 Å². The Labute approximate surface area is 123 Å². The number of carboxylic acids is 1. The van der Waals surface area contributed by atoms with Gasteiger partial charge >= 0.3 is 12.0 Å². The second-order valence-electron chi connectivity index (χ2n) is 5.04. The van der Waals surface area contributed by atoms with E-state index >= 15 is 0 Å². The van der Waals surface area contributed by atoms with E-state index in [1.807, 2.05) is 24.3 Å². The monoisotopic (exact) mass is 292 g/mol. The van der Waals surface area contributed by atoms with Gasteiger partial charge in [-0.2, -0.15) is 0 Å². The van der Waals surface area contributed by atoms with Gasteiger partial charge in [-0.15, -0.1) is 0 Å². The molecule has 114 valence electrons. The summed E-state index contributed by atoms with van der Waals surface area (Å²) < 4.78 is 4.94. The predicted molar refractivity (Wildman–Crippen MR) is 78.7 cm³/mol. The maximum atomic E-state index is 12.2.